The first-order valence-electron chi connectivity index (χ1n) is 8.26. The molecule has 1 N–H and O–H groups in total. The van der Waals surface area contributed by atoms with E-state index in [9.17, 15) is 9.59 Å². The van der Waals surface area contributed by atoms with E-state index in [4.69, 9.17) is 0 Å². The number of carbonyl (C=O) groups is 2. The maximum absolute atomic E-state index is 13.2. The van der Waals surface area contributed by atoms with Crippen LogP contribution in [0.1, 0.15) is 28.5 Å². The molecule has 2 aromatic carbocycles. The lowest BCUT2D eigenvalue weighted by Gasteiger charge is -2.22. The van der Waals surface area contributed by atoms with Crippen LogP contribution in [0.15, 0.2) is 54.7 Å². The number of amides is 2. The lowest BCUT2D eigenvalue weighted by atomic mass is 10.1. The van der Waals surface area contributed by atoms with E-state index in [2.05, 4.69) is 15.6 Å². The topological polar surface area (TPSA) is 80.1 Å². The number of para-hydroxylation sites is 1. The molecule has 0 atom stereocenters. The highest BCUT2D eigenvalue weighted by atomic mass is 16.2. The Kier molecular flexibility index (Phi) is 3.96. The summed E-state index contributed by atoms with van der Waals surface area (Å²) in [7, 11) is 0. The van der Waals surface area contributed by atoms with E-state index < -0.39 is 0 Å². The zero-order valence-electron chi connectivity index (χ0n) is 14.2. The average Bonchev–Trinajstić information content (AvgIpc) is 3.00. The van der Waals surface area contributed by atoms with Gasteiger partial charge in [0, 0.05) is 23.9 Å². The molecule has 0 aliphatic carbocycles. The highest BCUT2D eigenvalue weighted by Gasteiger charge is 2.25. The molecule has 0 bridgehead atoms. The quantitative estimate of drug-likeness (QED) is 0.772. The first kappa shape index (κ1) is 16.0. The summed E-state index contributed by atoms with van der Waals surface area (Å²) in [4.78, 5) is 26.1. The van der Waals surface area contributed by atoms with Crippen molar-refractivity contribution in [2.75, 3.05) is 10.2 Å². The van der Waals surface area contributed by atoms with Crippen molar-refractivity contribution in [1.29, 1.82) is 0 Å². The normalized spacial score (nSPS) is 12.7. The molecular weight excluding hydrogens is 330 g/mol. The minimum atomic E-state index is -0.147. The van der Waals surface area contributed by atoms with Crippen LogP contribution in [0.5, 0.6) is 0 Å². The van der Waals surface area contributed by atoms with Crippen LogP contribution in [0.2, 0.25) is 0 Å². The van der Waals surface area contributed by atoms with Gasteiger partial charge < -0.3 is 10.2 Å². The Morgan fingerprint density at radius 3 is 2.58 bits per heavy atom. The Bertz CT molecular complexity index is 978. The van der Waals surface area contributed by atoms with Gasteiger partial charge in [0.25, 0.3) is 5.91 Å². The van der Waals surface area contributed by atoms with Crippen molar-refractivity contribution in [2.45, 2.75) is 20.0 Å². The summed E-state index contributed by atoms with van der Waals surface area (Å²) in [6, 6.07) is 14.7. The Morgan fingerprint density at radius 1 is 1.04 bits per heavy atom. The average molecular weight is 347 g/mol. The number of nitrogens with one attached hydrogen (secondary N) is 1. The van der Waals surface area contributed by atoms with Crippen LogP contribution in [-0.2, 0) is 17.9 Å². The maximum Gasteiger partial charge on any atom is 0.258 e. The van der Waals surface area contributed by atoms with Gasteiger partial charge in [-0.15, -0.1) is 5.10 Å². The summed E-state index contributed by atoms with van der Waals surface area (Å²) in [5.41, 5.74) is 3.97. The maximum atomic E-state index is 13.2. The predicted molar refractivity (Wildman–Crippen MR) is 96.8 cm³/mol. The molecule has 7 heteroatoms. The van der Waals surface area contributed by atoms with Crippen molar-refractivity contribution < 1.29 is 9.59 Å². The van der Waals surface area contributed by atoms with Gasteiger partial charge in [0.2, 0.25) is 5.91 Å². The van der Waals surface area contributed by atoms with Crippen LogP contribution in [0, 0.1) is 0 Å². The molecule has 7 nitrogen and oxygen atoms in total. The van der Waals surface area contributed by atoms with E-state index in [1.807, 2.05) is 28.9 Å². The van der Waals surface area contributed by atoms with Gasteiger partial charge in [0.05, 0.1) is 25.0 Å². The second-order valence-corrected chi connectivity index (χ2v) is 6.16. The van der Waals surface area contributed by atoms with Crippen LogP contribution in [-0.4, -0.2) is 26.8 Å². The number of anilines is 2. The Labute approximate surface area is 150 Å². The molecule has 2 amide bonds. The monoisotopic (exact) mass is 347 g/mol. The molecule has 1 aliphatic rings. The van der Waals surface area contributed by atoms with E-state index in [1.165, 1.54) is 6.92 Å². The lowest BCUT2D eigenvalue weighted by Crippen LogP contribution is -2.30. The molecule has 130 valence electrons. The van der Waals surface area contributed by atoms with Gasteiger partial charge in [0.15, 0.2) is 0 Å². The second kappa shape index (κ2) is 6.44. The molecule has 0 fully saturated rings. The number of fused-ring (bicyclic) bond motifs is 2. The lowest BCUT2D eigenvalue weighted by molar-refractivity contribution is -0.114. The van der Waals surface area contributed by atoms with Gasteiger partial charge in [-0.3, -0.25) is 9.59 Å². The number of rotatable bonds is 2. The Hall–Kier alpha value is -3.48. The second-order valence-electron chi connectivity index (χ2n) is 6.16. The predicted octanol–water partition coefficient (Wildman–Crippen LogP) is 2.45. The van der Waals surface area contributed by atoms with Crippen molar-refractivity contribution in [3.05, 3.63) is 71.5 Å². The Morgan fingerprint density at radius 2 is 1.81 bits per heavy atom. The fourth-order valence-corrected chi connectivity index (χ4v) is 3.09. The van der Waals surface area contributed by atoms with Crippen LogP contribution in [0.3, 0.4) is 0 Å². The smallest absolute Gasteiger partial charge is 0.258 e. The summed E-state index contributed by atoms with van der Waals surface area (Å²) in [5, 5.41) is 10.8. The fraction of sp³-hybridized carbons (Fsp3) is 0.158. The molecule has 2 heterocycles. The SMILES string of the molecule is CC(=O)Nc1ccc(C(=O)N2Cc3cnnn3Cc3ccccc32)cc1. The number of hydrogen-bond donors (Lipinski definition) is 1. The molecule has 3 aromatic rings. The fourth-order valence-electron chi connectivity index (χ4n) is 3.09. The van der Waals surface area contributed by atoms with E-state index >= 15 is 0 Å². The number of carbonyl (C=O) groups excluding carboxylic acids is 2. The summed E-state index contributed by atoms with van der Waals surface area (Å²) in [5.74, 6) is -0.257. The van der Waals surface area contributed by atoms with Crippen molar-refractivity contribution in [1.82, 2.24) is 15.0 Å². The van der Waals surface area contributed by atoms with Crippen molar-refractivity contribution in [2.24, 2.45) is 0 Å². The molecule has 0 radical (unpaired) electrons. The van der Waals surface area contributed by atoms with Gasteiger partial charge >= 0.3 is 0 Å². The van der Waals surface area contributed by atoms with Crippen molar-refractivity contribution in [3.63, 3.8) is 0 Å². The van der Waals surface area contributed by atoms with Crippen LogP contribution >= 0.6 is 0 Å². The van der Waals surface area contributed by atoms with Gasteiger partial charge in [-0.25, -0.2) is 4.68 Å². The minimum absolute atomic E-state index is 0.110. The largest absolute Gasteiger partial charge is 0.326 e. The zero-order chi connectivity index (χ0) is 18.1. The highest BCUT2D eigenvalue weighted by molar-refractivity contribution is 6.06. The molecule has 0 saturated heterocycles. The molecule has 1 aromatic heterocycles. The summed E-state index contributed by atoms with van der Waals surface area (Å²) < 4.78 is 1.81. The van der Waals surface area contributed by atoms with Gasteiger partial charge in [-0.1, -0.05) is 23.4 Å². The summed E-state index contributed by atoms with van der Waals surface area (Å²) in [6.07, 6.45) is 1.69. The summed E-state index contributed by atoms with van der Waals surface area (Å²) in [6.45, 7) is 2.43. The third kappa shape index (κ3) is 2.95. The van der Waals surface area contributed by atoms with Gasteiger partial charge in [-0.2, -0.15) is 0 Å². The van der Waals surface area contributed by atoms with Crippen LogP contribution < -0.4 is 10.2 Å². The Balaban J connectivity index is 1.69. The molecule has 1 aliphatic heterocycles. The van der Waals surface area contributed by atoms with Crippen LogP contribution in [0.4, 0.5) is 11.4 Å². The molecular formula is C19H17N5O2. The highest BCUT2D eigenvalue weighted by Crippen LogP contribution is 2.28. The zero-order valence-corrected chi connectivity index (χ0v) is 14.2. The number of hydrogen-bond acceptors (Lipinski definition) is 4. The molecule has 26 heavy (non-hydrogen) atoms. The van der Waals surface area contributed by atoms with E-state index in [0.29, 0.717) is 24.3 Å². The van der Waals surface area contributed by atoms with Crippen LogP contribution in [0.25, 0.3) is 0 Å². The van der Waals surface area contributed by atoms with E-state index in [1.54, 1.807) is 35.4 Å². The third-order valence-corrected chi connectivity index (χ3v) is 4.32. The van der Waals surface area contributed by atoms with Crippen molar-refractivity contribution in [3.8, 4) is 0 Å². The number of nitrogens with zero attached hydrogens (tertiary/aromatic N) is 4. The van der Waals surface area contributed by atoms with E-state index in [-0.39, 0.29) is 11.8 Å². The first-order chi connectivity index (χ1) is 12.6. The number of benzene rings is 2. The van der Waals surface area contributed by atoms with Gasteiger partial charge in [0.1, 0.15) is 0 Å². The van der Waals surface area contributed by atoms with E-state index in [0.717, 1.165) is 16.9 Å². The first-order valence-corrected chi connectivity index (χ1v) is 8.26. The summed E-state index contributed by atoms with van der Waals surface area (Å²) >= 11 is 0. The van der Waals surface area contributed by atoms with Crippen molar-refractivity contribution >= 4 is 23.2 Å². The third-order valence-electron chi connectivity index (χ3n) is 4.32. The minimum Gasteiger partial charge on any atom is -0.326 e. The number of aromatic nitrogens is 3. The molecule has 4 rings (SSSR count). The molecule has 0 spiro atoms. The molecule has 0 unspecified atom stereocenters. The standard InChI is InChI=1S/C19H17N5O2/c1-13(25)21-16-8-6-14(7-9-16)19(26)23-12-17-10-20-22-24(17)11-15-4-2-3-5-18(15)23/h2-10H,11-12H2,1H3,(H,21,25). The van der Waals surface area contributed by atoms with Gasteiger partial charge in [-0.05, 0) is 35.9 Å². The molecule has 0 saturated carbocycles.